The fourth-order valence-corrected chi connectivity index (χ4v) is 2.15. The third-order valence-corrected chi connectivity index (χ3v) is 3.21. The minimum absolute atomic E-state index is 0.819. The smallest absolute Gasteiger partial charge is 0.0368 e. The molecule has 0 aliphatic rings. The molecule has 0 aliphatic heterocycles. The Kier molecular flexibility index (Phi) is 6.71. The van der Waals surface area contributed by atoms with Gasteiger partial charge in [-0.25, -0.2) is 0 Å². The zero-order chi connectivity index (χ0) is 12.5. The van der Waals surface area contributed by atoms with Gasteiger partial charge in [-0.05, 0) is 57.4 Å². The number of rotatable bonds is 8. The van der Waals surface area contributed by atoms with E-state index >= 15 is 0 Å². The van der Waals surface area contributed by atoms with Gasteiger partial charge in [-0.3, -0.25) is 0 Å². The fourth-order valence-electron chi connectivity index (χ4n) is 2.15. The highest BCUT2D eigenvalue weighted by Gasteiger charge is 2.02. The summed E-state index contributed by atoms with van der Waals surface area (Å²) in [7, 11) is 0. The van der Waals surface area contributed by atoms with Gasteiger partial charge in [-0.2, -0.15) is 0 Å². The molecule has 1 rings (SSSR count). The maximum Gasteiger partial charge on any atom is 0.0368 e. The number of nitrogens with zero attached hydrogens (tertiary/aromatic N) is 1. The lowest BCUT2D eigenvalue weighted by atomic mass is 10.1. The molecule has 96 valence electrons. The average molecular weight is 234 g/mol. The molecule has 0 aromatic heterocycles. The van der Waals surface area contributed by atoms with Crippen molar-refractivity contribution in [1.29, 1.82) is 0 Å². The van der Waals surface area contributed by atoms with Gasteiger partial charge in [0.25, 0.3) is 0 Å². The van der Waals surface area contributed by atoms with Gasteiger partial charge in [0.1, 0.15) is 0 Å². The third kappa shape index (κ3) is 4.78. The number of aryl methyl sites for hydroxylation is 1. The Morgan fingerprint density at radius 2 is 1.82 bits per heavy atom. The number of anilines is 1. The number of benzene rings is 1. The second kappa shape index (κ2) is 8.13. The minimum Gasteiger partial charge on any atom is -0.372 e. The van der Waals surface area contributed by atoms with Crippen molar-refractivity contribution in [3.05, 3.63) is 29.8 Å². The minimum atomic E-state index is 0.819. The summed E-state index contributed by atoms with van der Waals surface area (Å²) < 4.78 is 0. The van der Waals surface area contributed by atoms with Crippen LogP contribution in [-0.2, 0) is 6.42 Å². The maximum atomic E-state index is 5.50. The number of nitrogens with two attached hydrogens (primary N) is 1. The highest BCUT2D eigenvalue weighted by molar-refractivity contribution is 5.48. The molecule has 0 bridgehead atoms. The lowest BCUT2D eigenvalue weighted by molar-refractivity contribution is 0.686. The summed E-state index contributed by atoms with van der Waals surface area (Å²) in [6.07, 6.45) is 4.82. The Bertz CT molecular complexity index is 306. The summed E-state index contributed by atoms with van der Waals surface area (Å²) in [5.74, 6) is 0. The monoisotopic (exact) mass is 234 g/mol. The Balaban J connectivity index is 2.53. The Morgan fingerprint density at radius 1 is 1.06 bits per heavy atom. The lowest BCUT2D eigenvalue weighted by Gasteiger charge is -2.21. The fraction of sp³-hybridized carbons (Fsp3) is 0.600. The molecule has 17 heavy (non-hydrogen) atoms. The van der Waals surface area contributed by atoms with Crippen LogP contribution in [0, 0.1) is 0 Å². The molecule has 0 spiro atoms. The molecule has 2 N–H and O–H groups in total. The summed E-state index contributed by atoms with van der Waals surface area (Å²) in [5, 5.41) is 0. The topological polar surface area (TPSA) is 29.3 Å². The Morgan fingerprint density at radius 3 is 2.47 bits per heavy atom. The summed E-state index contributed by atoms with van der Waals surface area (Å²) in [4.78, 5) is 2.39. The van der Waals surface area contributed by atoms with Crippen molar-refractivity contribution in [3.63, 3.8) is 0 Å². The van der Waals surface area contributed by atoms with E-state index in [1.54, 1.807) is 0 Å². The molecule has 0 fully saturated rings. The van der Waals surface area contributed by atoms with Crippen LogP contribution < -0.4 is 10.6 Å². The molecular formula is C15H26N2. The number of hydrogen-bond donors (Lipinski definition) is 1. The van der Waals surface area contributed by atoms with E-state index in [9.17, 15) is 0 Å². The summed E-state index contributed by atoms with van der Waals surface area (Å²) in [6, 6.07) is 8.94. The second-order valence-electron chi connectivity index (χ2n) is 4.44. The van der Waals surface area contributed by atoms with Crippen LogP contribution in [0.1, 0.15) is 38.7 Å². The number of hydrogen-bond acceptors (Lipinski definition) is 2. The van der Waals surface area contributed by atoms with Gasteiger partial charge in [0.15, 0.2) is 0 Å². The van der Waals surface area contributed by atoms with Crippen molar-refractivity contribution in [2.45, 2.75) is 39.5 Å². The first-order chi connectivity index (χ1) is 8.31. The highest BCUT2D eigenvalue weighted by atomic mass is 15.1. The standard InChI is InChI=1S/C15H26N2/c1-3-17(4-2)15-11-8-10-14(13-15)9-6-5-7-12-16/h8,10-11,13H,3-7,9,12,16H2,1-2H3. The Labute approximate surface area is 106 Å². The van der Waals surface area contributed by atoms with Crippen LogP contribution in [0.25, 0.3) is 0 Å². The molecule has 0 radical (unpaired) electrons. The van der Waals surface area contributed by atoms with Crippen molar-refractivity contribution in [3.8, 4) is 0 Å². The molecule has 1 aromatic carbocycles. The normalized spacial score (nSPS) is 10.5. The largest absolute Gasteiger partial charge is 0.372 e. The molecule has 0 aliphatic carbocycles. The van der Waals surface area contributed by atoms with Crippen LogP contribution in [0.4, 0.5) is 5.69 Å². The predicted octanol–water partition coefficient (Wildman–Crippen LogP) is 3.20. The van der Waals surface area contributed by atoms with Gasteiger partial charge in [-0.1, -0.05) is 18.6 Å². The summed E-state index contributed by atoms with van der Waals surface area (Å²) >= 11 is 0. The molecule has 1 aromatic rings. The number of unbranched alkanes of at least 4 members (excludes halogenated alkanes) is 2. The van der Waals surface area contributed by atoms with Crippen LogP contribution in [0.5, 0.6) is 0 Å². The van der Waals surface area contributed by atoms with Gasteiger partial charge in [0.2, 0.25) is 0 Å². The molecule has 0 saturated carbocycles. The van der Waals surface area contributed by atoms with Crippen molar-refractivity contribution >= 4 is 5.69 Å². The average Bonchev–Trinajstić information content (AvgIpc) is 2.37. The van der Waals surface area contributed by atoms with E-state index in [-0.39, 0.29) is 0 Å². The quantitative estimate of drug-likeness (QED) is 0.700. The van der Waals surface area contributed by atoms with E-state index in [1.807, 2.05) is 0 Å². The van der Waals surface area contributed by atoms with Crippen molar-refractivity contribution in [1.82, 2.24) is 0 Å². The first-order valence-electron chi connectivity index (χ1n) is 6.85. The lowest BCUT2D eigenvalue weighted by Crippen LogP contribution is -2.21. The van der Waals surface area contributed by atoms with Crippen LogP contribution in [-0.4, -0.2) is 19.6 Å². The zero-order valence-corrected chi connectivity index (χ0v) is 11.3. The Hall–Kier alpha value is -1.02. The van der Waals surface area contributed by atoms with Gasteiger partial charge in [-0.15, -0.1) is 0 Å². The van der Waals surface area contributed by atoms with E-state index in [4.69, 9.17) is 5.73 Å². The van der Waals surface area contributed by atoms with E-state index in [1.165, 1.54) is 30.5 Å². The zero-order valence-electron chi connectivity index (χ0n) is 11.3. The van der Waals surface area contributed by atoms with Crippen LogP contribution in [0.15, 0.2) is 24.3 Å². The summed E-state index contributed by atoms with van der Waals surface area (Å²) in [6.45, 7) is 7.38. The molecule has 2 nitrogen and oxygen atoms in total. The van der Waals surface area contributed by atoms with E-state index < -0.39 is 0 Å². The SMILES string of the molecule is CCN(CC)c1cccc(CCCCCN)c1. The maximum absolute atomic E-state index is 5.50. The second-order valence-corrected chi connectivity index (χ2v) is 4.44. The summed E-state index contributed by atoms with van der Waals surface area (Å²) in [5.41, 5.74) is 8.30. The van der Waals surface area contributed by atoms with Gasteiger partial charge < -0.3 is 10.6 Å². The van der Waals surface area contributed by atoms with Crippen LogP contribution in [0.3, 0.4) is 0 Å². The van der Waals surface area contributed by atoms with Crippen LogP contribution >= 0.6 is 0 Å². The van der Waals surface area contributed by atoms with Crippen LogP contribution in [0.2, 0.25) is 0 Å². The first kappa shape index (κ1) is 14.0. The molecular weight excluding hydrogens is 208 g/mol. The van der Waals surface area contributed by atoms with Gasteiger partial charge in [0.05, 0.1) is 0 Å². The van der Waals surface area contributed by atoms with E-state index in [0.717, 1.165) is 26.1 Å². The van der Waals surface area contributed by atoms with Crippen molar-refractivity contribution < 1.29 is 0 Å². The van der Waals surface area contributed by atoms with Gasteiger partial charge >= 0.3 is 0 Å². The first-order valence-corrected chi connectivity index (χ1v) is 6.85. The van der Waals surface area contributed by atoms with Crippen molar-refractivity contribution in [2.24, 2.45) is 5.73 Å². The highest BCUT2D eigenvalue weighted by Crippen LogP contribution is 2.17. The molecule has 0 heterocycles. The molecule has 0 amide bonds. The molecule has 0 unspecified atom stereocenters. The predicted molar refractivity (Wildman–Crippen MR) is 76.6 cm³/mol. The van der Waals surface area contributed by atoms with Gasteiger partial charge in [0, 0.05) is 18.8 Å². The third-order valence-electron chi connectivity index (χ3n) is 3.21. The van der Waals surface area contributed by atoms with E-state index in [2.05, 4.69) is 43.0 Å². The molecule has 0 saturated heterocycles. The van der Waals surface area contributed by atoms with E-state index in [0.29, 0.717) is 0 Å². The molecule has 0 atom stereocenters. The van der Waals surface area contributed by atoms with Crippen molar-refractivity contribution in [2.75, 3.05) is 24.5 Å². The molecule has 2 heteroatoms.